The molecule has 4 nitrogen and oxygen atoms in total. The standard InChI is InChI=1S/C23H31N3OS.HI/c1-2-24-22(26-17-23(27)14-16-28-18-23)25-15-13-21(19-9-5-3-6-10-19)20-11-7-4-8-12-20;/h3-12,21,27H,2,13-18H2,1H3,(H2,24,25,26);1H. The van der Waals surface area contributed by atoms with Gasteiger partial charge in [-0.25, -0.2) is 0 Å². The van der Waals surface area contributed by atoms with E-state index < -0.39 is 5.60 Å². The Kier molecular flexibility index (Phi) is 10.3. The highest BCUT2D eigenvalue weighted by molar-refractivity contribution is 14.0. The number of benzene rings is 2. The van der Waals surface area contributed by atoms with Crippen molar-refractivity contribution in [3.63, 3.8) is 0 Å². The van der Waals surface area contributed by atoms with Crippen molar-refractivity contribution in [3.05, 3.63) is 71.8 Å². The number of halogens is 1. The third-order valence-electron chi connectivity index (χ3n) is 5.09. The summed E-state index contributed by atoms with van der Waals surface area (Å²) in [6.07, 6.45) is 1.79. The molecule has 0 saturated carbocycles. The maximum atomic E-state index is 10.5. The summed E-state index contributed by atoms with van der Waals surface area (Å²) in [5.74, 6) is 2.92. The summed E-state index contributed by atoms with van der Waals surface area (Å²) in [5, 5.41) is 17.3. The molecule has 1 saturated heterocycles. The monoisotopic (exact) mass is 525 g/mol. The van der Waals surface area contributed by atoms with E-state index in [-0.39, 0.29) is 24.0 Å². The highest BCUT2D eigenvalue weighted by Gasteiger charge is 2.31. The number of aliphatic hydroxyl groups is 1. The average Bonchev–Trinajstić information content (AvgIpc) is 3.17. The van der Waals surface area contributed by atoms with E-state index in [4.69, 9.17) is 0 Å². The van der Waals surface area contributed by atoms with Gasteiger partial charge in [-0.1, -0.05) is 60.7 Å². The second-order valence-electron chi connectivity index (χ2n) is 7.31. The first-order chi connectivity index (χ1) is 13.7. The van der Waals surface area contributed by atoms with Gasteiger partial charge in [0.25, 0.3) is 0 Å². The number of hydrogen-bond donors (Lipinski definition) is 3. The largest absolute Gasteiger partial charge is 0.387 e. The second-order valence-corrected chi connectivity index (χ2v) is 8.42. The van der Waals surface area contributed by atoms with Crippen molar-refractivity contribution in [3.8, 4) is 0 Å². The molecular formula is C23H32IN3OS. The molecular weight excluding hydrogens is 493 g/mol. The number of rotatable bonds is 8. The molecule has 3 N–H and O–H groups in total. The molecule has 1 aliphatic rings. The van der Waals surface area contributed by atoms with Crippen LogP contribution in [0, 0.1) is 0 Å². The minimum Gasteiger partial charge on any atom is -0.387 e. The molecule has 0 aromatic heterocycles. The van der Waals surface area contributed by atoms with Gasteiger partial charge in [-0.2, -0.15) is 11.8 Å². The summed E-state index contributed by atoms with van der Waals surface area (Å²) in [7, 11) is 0. The first kappa shape index (κ1) is 24.0. The van der Waals surface area contributed by atoms with E-state index in [0.29, 0.717) is 12.5 Å². The lowest BCUT2D eigenvalue weighted by Crippen LogP contribution is -2.40. The number of guanidine groups is 1. The quantitative estimate of drug-likeness (QED) is 0.274. The van der Waals surface area contributed by atoms with Crippen LogP contribution in [-0.4, -0.2) is 47.8 Å². The van der Waals surface area contributed by atoms with Crippen LogP contribution in [0.15, 0.2) is 65.7 Å². The zero-order valence-corrected chi connectivity index (χ0v) is 20.2. The molecule has 158 valence electrons. The fraction of sp³-hybridized carbons (Fsp3) is 0.435. The molecule has 2 aromatic rings. The Balaban J connectivity index is 0.00000300. The summed E-state index contributed by atoms with van der Waals surface area (Å²) >= 11 is 1.80. The normalized spacial score (nSPS) is 19.1. The summed E-state index contributed by atoms with van der Waals surface area (Å²) in [4.78, 5) is 4.64. The number of nitrogens with one attached hydrogen (secondary N) is 2. The SMILES string of the molecule is CCNC(=NCC1(O)CCSC1)NCCC(c1ccccc1)c1ccccc1.I. The molecule has 29 heavy (non-hydrogen) atoms. The van der Waals surface area contributed by atoms with E-state index in [1.54, 1.807) is 11.8 Å². The maximum absolute atomic E-state index is 10.5. The van der Waals surface area contributed by atoms with Crippen LogP contribution >= 0.6 is 35.7 Å². The van der Waals surface area contributed by atoms with Crippen molar-refractivity contribution < 1.29 is 5.11 Å². The Labute approximate surface area is 196 Å². The van der Waals surface area contributed by atoms with E-state index in [0.717, 1.165) is 43.4 Å². The van der Waals surface area contributed by atoms with Gasteiger partial charge in [0.2, 0.25) is 0 Å². The summed E-state index contributed by atoms with van der Waals surface area (Å²) < 4.78 is 0. The lowest BCUT2D eigenvalue weighted by Gasteiger charge is -2.21. The third kappa shape index (κ3) is 7.50. The molecule has 1 heterocycles. The van der Waals surface area contributed by atoms with Crippen LogP contribution in [-0.2, 0) is 0 Å². The minimum absolute atomic E-state index is 0. The molecule has 0 bridgehead atoms. The molecule has 1 atom stereocenters. The predicted octanol–water partition coefficient (Wildman–Crippen LogP) is 4.25. The number of hydrogen-bond acceptors (Lipinski definition) is 3. The van der Waals surface area contributed by atoms with Crippen molar-refractivity contribution in [2.45, 2.75) is 31.3 Å². The first-order valence-corrected chi connectivity index (χ1v) is 11.3. The van der Waals surface area contributed by atoms with E-state index >= 15 is 0 Å². The lowest BCUT2D eigenvalue weighted by molar-refractivity contribution is 0.0778. The summed E-state index contributed by atoms with van der Waals surface area (Å²) in [5.41, 5.74) is 2.01. The molecule has 0 radical (unpaired) electrons. The first-order valence-electron chi connectivity index (χ1n) is 10.1. The molecule has 0 amide bonds. The Hall–Kier alpha value is -1.25. The molecule has 6 heteroatoms. The van der Waals surface area contributed by atoms with Gasteiger partial charge in [-0.05, 0) is 36.6 Å². The highest BCUT2D eigenvalue weighted by Crippen LogP contribution is 2.28. The zero-order chi connectivity index (χ0) is 19.7. The zero-order valence-electron chi connectivity index (χ0n) is 17.0. The van der Waals surface area contributed by atoms with Crippen molar-refractivity contribution in [2.24, 2.45) is 4.99 Å². The second kappa shape index (κ2) is 12.4. The van der Waals surface area contributed by atoms with Crippen molar-refractivity contribution in [1.82, 2.24) is 10.6 Å². The van der Waals surface area contributed by atoms with Gasteiger partial charge in [0.05, 0.1) is 12.1 Å². The van der Waals surface area contributed by atoms with Gasteiger partial charge in [-0.15, -0.1) is 24.0 Å². The molecule has 1 aliphatic heterocycles. The highest BCUT2D eigenvalue weighted by atomic mass is 127. The predicted molar refractivity (Wildman–Crippen MR) is 136 cm³/mol. The molecule has 0 spiro atoms. The maximum Gasteiger partial charge on any atom is 0.191 e. The molecule has 0 aliphatic carbocycles. The average molecular weight is 526 g/mol. The van der Waals surface area contributed by atoms with Gasteiger partial charge >= 0.3 is 0 Å². The Morgan fingerprint density at radius 2 is 1.69 bits per heavy atom. The van der Waals surface area contributed by atoms with Gasteiger partial charge in [0, 0.05) is 24.8 Å². The van der Waals surface area contributed by atoms with Gasteiger partial charge < -0.3 is 15.7 Å². The van der Waals surface area contributed by atoms with Crippen LogP contribution in [0.25, 0.3) is 0 Å². The van der Waals surface area contributed by atoms with Crippen LogP contribution in [0.3, 0.4) is 0 Å². The Morgan fingerprint density at radius 1 is 1.07 bits per heavy atom. The van der Waals surface area contributed by atoms with Crippen molar-refractivity contribution >= 4 is 41.7 Å². The molecule has 1 fully saturated rings. The van der Waals surface area contributed by atoms with E-state index in [9.17, 15) is 5.11 Å². The number of thioether (sulfide) groups is 1. The van der Waals surface area contributed by atoms with Crippen LogP contribution in [0.4, 0.5) is 0 Å². The van der Waals surface area contributed by atoms with Crippen LogP contribution in [0.5, 0.6) is 0 Å². The Morgan fingerprint density at radius 3 is 2.21 bits per heavy atom. The molecule has 3 rings (SSSR count). The van der Waals surface area contributed by atoms with Crippen LogP contribution in [0.2, 0.25) is 0 Å². The van der Waals surface area contributed by atoms with Crippen LogP contribution in [0.1, 0.15) is 36.8 Å². The van der Waals surface area contributed by atoms with Crippen molar-refractivity contribution in [1.29, 1.82) is 0 Å². The third-order valence-corrected chi connectivity index (χ3v) is 6.32. The number of aliphatic imine (C=N–C) groups is 1. The molecule has 1 unspecified atom stereocenters. The smallest absolute Gasteiger partial charge is 0.191 e. The van der Waals surface area contributed by atoms with E-state index in [1.165, 1.54) is 11.1 Å². The van der Waals surface area contributed by atoms with E-state index in [1.807, 2.05) is 0 Å². The van der Waals surface area contributed by atoms with Crippen LogP contribution < -0.4 is 10.6 Å². The van der Waals surface area contributed by atoms with Crippen molar-refractivity contribution in [2.75, 3.05) is 31.1 Å². The fourth-order valence-corrected chi connectivity index (χ4v) is 4.80. The van der Waals surface area contributed by atoms with Gasteiger partial charge in [0.15, 0.2) is 5.96 Å². The topological polar surface area (TPSA) is 56.7 Å². The fourth-order valence-electron chi connectivity index (χ4n) is 3.52. The van der Waals surface area contributed by atoms with E-state index in [2.05, 4.69) is 83.2 Å². The minimum atomic E-state index is -0.649. The Bertz CT molecular complexity index is 697. The lowest BCUT2D eigenvalue weighted by atomic mass is 9.88. The van der Waals surface area contributed by atoms with Gasteiger partial charge in [-0.3, -0.25) is 4.99 Å². The van der Waals surface area contributed by atoms with Gasteiger partial charge in [0.1, 0.15) is 0 Å². The molecule has 2 aromatic carbocycles. The summed E-state index contributed by atoms with van der Waals surface area (Å²) in [6.45, 7) is 4.14. The number of nitrogens with zero attached hydrogens (tertiary/aromatic N) is 1. The summed E-state index contributed by atoms with van der Waals surface area (Å²) in [6, 6.07) is 21.3.